The molecule has 0 fully saturated rings. The Bertz CT molecular complexity index is 780. The lowest BCUT2D eigenvalue weighted by Crippen LogP contribution is -2.28. The third kappa shape index (κ3) is 5.89. The highest BCUT2D eigenvalue weighted by Crippen LogP contribution is 2.39. The van der Waals surface area contributed by atoms with Gasteiger partial charge in [0.1, 0.15) is 16.5 Å². The summed E-state index contributed by atoms with van der Waals surface area (Å²) in [5.41, 5.74) is 3.20. The van der Waals surface area contributed by atoms with Crippen molar-refractivity contribution in [2.45, 2.75) is 65.3 Å². The van der Waals surface area contributed by atoms with Gasteiger partial charge in [0.25, 0.3) is 0 Å². The van der Waals surface area contributed by atoms with Gasteiger partial charge in [-0.25, -0.2) is 4.79 Å². The average Bonchev–Trinajstić information content (AvgIpc) is 3.09. The highest BCUT2D eigenvalue weighted by molar-refractivity contribution is 7.14. The van der Waals surface area contributed by atoms with E-state index in [1.807, 2.05) is 19.1 Å². The van der Waals surface area contributed by atoms with Crippen molar-refractivity contribution in [3.63, 3.8) is 0 Å². The van der Waals surface area contributed by atoms with Crippen molar-refractivity contribution in [2.75, 3.05) is 19.1 Å². The molecular formula is C23H33NO4S. The van der Waals surface area contributed by atoms with Crippen LogP contribution in [0.2, 0.25) is 0 Å². The van der Waals surface area contributed by atoms with Crippen molar-refractivity contribution in [2.24, 2.45) is 0 Å². The smallest absolute Gasteiger partial charge is 0.412 e. The van der Waals surface area contributed by atoms with Gasteiger partial charge in [-0.15, -0.1) is 11.3 Å². The van der Waals surface area contributed by atoms with Crippen molar-refractivity contribution < 1.29 is 19.4 Å². The number of hydrogen-bond donors (Lipinski definition) is 1. The summed E-state index contributed by atoms with van der Waals surface area (Å²) in [6.07, 6.45) is 4.93. The number of anilines is 1. The number of carbonyl (C=O) groups is 1. The molecule has 29 heavy (non-hydrogen) atoms. The monoisotopic (exact) mass is 419 g/mol. The van der Waals surface area contributed by atoms with Crippen molar-refractivity contribution >= 4 is 22.4 Å². The lowest BCUT2D eigenvalue weighted by atomic mass is 9.90. The van der Waals surface area contributed by atoms with E-state index in [1.165, 1.54) is 41.1 Å². The third-order valence-corrected chi connectivity index (χ3v) is 6.49. The summed E-state index contributed by atoms with van der Waals surface area (Å²) in [4.78, 5) is 13.5. The first-order valence-corrected chi connectivity index (χ1v) is 11.1. The fourth-order valence-corrected chi connectivity index (χ4v) is 4.85. The van der Waals surface area contributed by atoms with Crippen molar-refractivity contribution in [1.29, 1.82) is 0 Å². The molecule has 0 aliphatic carbocycles. The Morgan fingerprint density at radius 3 is 2.31 bits per heavy atom. The van der Waals surface area contributed by atoms with Crippen LogP contribution in [0.25, 0.3) is 0 Å². The van der Waals surface area contributed by atoms with Crippen LogP contribution < -0.4 is 14.4 Å². The van der Waals surface area contributed by atoms with Crippen molar-refractivity contribution in [3.05, 3.63) is 40.3 Å². The van der Waals surface area contributed by atoms with Gasteiger partial charge in [0.2, 0.25) is 0 Å². The van der Waals surface area contributed by atoms with E-state index in [4.69, 9.17) is 9.47 Å². The van der Waals surface area contributed by atoms with Crippen LogP contribution in [0.4, 0.5) is 9.80 Å². The first-order chi connectivity index (χ1) is 13.9. The molecule has 5 nitrogen and oxygen atoms in total. The van der Waals surface area contributed by atoms with E-state index in [2.05, 4.69) is 19.2 Å². The SMILES string of the molecule is CCCCCC(CC)c1csc(N(Cc2cc(OC)cc(OC)c2)C(=O)O)c1C. The minimum Gasteiger partial charge on any atom is -0.497 e. The maximum absolute atomic E-state index is 12.1. The summed E-state index contributed by atoms with van der Waals surface area (Å²) >= 11 is 1.52. The average molecular weight is 420 g/mol. The Morgan fingerprint density at radius 1 is 1.14 bits per heavy atom. The number of thiophene rings is 1. The van der Waals surface area contributed by atoms with E-state index in [1.54, 1.807) is 20.3 Å². The molecule has 0 radical (unpaired) electrons. The zero-order chi connectivity index (χ0) is 21.4. The summed E-state index contributed by atoms with van der Waals surface area (Å²) < 4.78 is 10.6. The number of carboxylic acid groups (broad SMARTS) is 1. The third-order valence-electron chi connectivity index (χ3n) is 5.37. The second kappa shape index (κ2) is 11.1. The second-order valence-corrected chi connectivity index (χ2v) is 8.17. The van der Waals surface area contributed by atoms with Crippen LogP contribution in [0.1, 0.15) is 68.6 Å². The Balaban J connectivity index is 2.30. The summed E-state index contributed by atoms with van der Waals surface area (Å²) in [6, 6.07) is 5.48. The molecule has 0 saturated heterocycles. The summed E-state index contributed by atoms with van der Waals surface area (Å²) in [6.45, 7) is 6.72. The molecule has 0 aliphatic rings. The molecular weight excluding hydrogens is 386 g/mol. The summed E-state index contributed by atoms with van der Waals surface area (Å²) in [5.74, 6) is 1.78. The number of amides is 1. The van der Waals surface area contributed by atoms with E-state index < -0.39 is 6.09 Å². The Labute approximate surface area is 178 Å². The Kier molecular flexibility index (Phi) is 8.83. The number of rotatable bonds is 11. The van der Waals surface area contributed by atoms with Gasteiger partial charge in [-0.05, 0) is 59.9 Å². The number of methoxy groups -OCH3 is 2. The standard InChI is InChI=1S/C23H33NO4S/c1-6-8-9-10-18(7-2)21-15-29-22(16(21)3)24(23(25)26)14-17-11-19(27-4)13-20(12-17)28-5/h11-13,15,18H,6-10,14H2,1-5H3,(H,25,26). The van der Waals surface area contributed by atoms with Gasteiger partial charge in [0.15, 0.2) is 0 Å². The molecule has 0 saturated carbocycles. The van der Waals surface area contributed by atoms with E-state index >= 15 is 0 Å². The quantitative estimate of drug-likeness (QED) is 0.405. The van der Waals surface area contributed by atoms with E-state index in [-0.39, 0.29) is 6.54 Å². The lowest BCUT2D eigenvalue weighted by molar-refractivity contribution is 0.201. The van der Waals surface area contributed by atoms with Gasteiger partial charge in [-0.2, -0.15) is 0 Å². The number of hydrogen-bond acceptors (Lipinski definition) is 4. The fraction of sp³-hybridized carbons (Fsp3) is 0.522. The first-order valence-electron chi connectivity index (χ1n) is 10.2. The molecule has 1 aromatic carbocycles. The molecule has 0 spiro atoms. The molecule has 6 heteroatoms. The number of benzene rings is 1. The molecule has 0 bridgehead atoms. The predicted octanol–water partition coefficient (Wildman–Crippen LogP) is 6.83. The van der Waals surface area contributed by atoms with Crippen LogP contribution in [-0.2, 0) is 6.54 Å². The van der Waals surface area contributed by atoms with Crippen LogP contribution in [0, 0.1) is 6.92 Å². The molecule has 1 atom stereocenters. The largest absolute Gasteiger partial charge is 0.497 e. The van der Waals surface area contributed by atoms with E-state index in [0.717, 1.165) is 29.0 Å². The topological polar surface area (TPSA) is 59.0 Å². The minimum absolute atomic E-state index is 0.246. The van der Waals surface area contributed by atoms with Crippen LogP contribution in [0.15, 0.2) is 23.6 Å². The summed E-state index contributed by atoms with van der Waals surface area (Å²) in [5, 5.41) is 12.9. The van der Waals surface area contributed by atoms with Gasteiger partial charge in [0, 0.05) is 6.07 Å². The number of ether oxygens (including phenoxy) is 2. The van der Waals surface area contributed by atoms with E-state index in [0.29, 0.717) is 17.4 Å². The maximum atomic E-state index is 12.1. The zero-order valence-electron chi connectivity index (χ0n) is 18.2. The van der Waals surface area contributed by atoms with Gasteiger partial charge in [-0.3, -0.25) is 4.90 Å². The van der Waals surface area contributed by atoms with Gasteiger partial charge in [-0.1, -0.05) is 33.1 Å². The molecule has 1 unspecified atom stereocenters. The van der Waals surface area contributed by atoms with Crippen LogP contribution in [0.3, 0.4) is 0 Å². The first kappa shape index (κ1) is 23.1. The molecule has 0 aliphatic heterocycles. The van der Waals surface area contributed by atoms with Crippen LogP contribution in [-0.4, -0.2) is 25.4 Å². The van der Waals surface area contributed by atoms with Gasteiger partial charge < -0.3 is 14.6 Å². The molecule has 160 valence electrons. The second-order valence-electron chi connectivity index (χ2n) is 7.31. The molecule has 1 amide bonds. The molecule has 1 aromatic heterocycles. The highest BCUT2D eigenvalue weighted by atomic mass is 32.1. The number of unbranched alkanes of at least 4 members (excludes halogenated alkanes) is 2. The molecule has 2 rings (SSSR count). The molecule has 2 aromatic rings. The lowest BCUT2D eigenvalue weighted by Gasteiger charge is -2.21. The van der Waals surface area contributed by atoms with Gasteiger partial charge in [0.05, 0.1) is 20.8 Å². The normalized spacial score (nSPS) is 11.9. The fourth-order valence-electron chi connectivity index (χ4n) is 3.67. The van der Waals surface area contributed by atoms with Crippen molar-refractivity contribution in [3.8, 4) is 11.5 Å². The van der Waals surface area contributed by atoms with Crippen molar-refractivity contribution in [1.82, 2.24) is 0 Å². The van der Waals surface area contributed by atoms with Crippen LogP contribution in [0.5, 0.6) is 11.5 Å². The highest BCUT2D eigenvalue weighted by Gasteiger charge is 2.23. The Morgan fingerprint density at radius 2 is 1.79 bits per heavy atom. The Hall–Kier alpha value is -2.21. The van der Waals surface area contributed by atoms with E-state index in [9.17, 15) is 9.90 Å². The minimum atomic E-state index is -0.956. The predicted molar refractivity (Wildman–Crippen MR) is 120 cm³/mol. The number of nitrogens with zero attached hydrogens (tertiary/aromatic N) is 1. The van der Waals surface area contributed by atoms with Crippen LogP contribution >= 0.6 is 11.3 Å². The van der Waals surface area contributed by atoms with Gasteiger partial charge >= 0.3 is 6.09 Å². The summed E-state index contributed by atoms with van der Waals surface area (Å²) in [7, 11) is 3.18. The maximum Gasteiger partial charge on any atom is 0.412 e. The molecule has 1 N–H and O–H groups in total. The molecule has 1 heterocycles. The zero-order valence-corrected chi connectivity index (χ0v) is 19.0.